The van der Waals surface area contributed by atoms with Crippen LogP contribution in [0.2, 0.25) is 5.15 Å². The number of hydrogen-bond acceptors (Lipinski definition) is 6. The van der Waals surface area contributed by atoms with E-state index in [9.17, 15) is 13.9 Å². The van der Waals surface area contributed by atoms with E-state index in [0.717, 1.165) is 13.1 Å². The van der Waals surface area contributed by atoms with Crippen molar-refractivity contribution in [3.8, 4) is 0 Å². The Morgan fingerprint density at radius 2 is 2.12 bits per heavy atom. The fourth-order valence-electron chi connectivity index (χ4n) is 2.22. The zero-order chi connectivity index (χ0) is 17.5. The van der Waals surface area contributed by atoms with Gasteiger partial charge in [-0.15, -0.1) is 0 Å². The van der Waals surface area contributed by atoms with Crippen LogP contribution in [0.15, 0.2) is 12.4 Å². The van der Waals surface area contributed by atoms with Crippen molar-refractivity contribution in [2.45, 2.75) is 37.8 Å². The number of nitrogens with zero attached hydrogens (tertiary/aromatic N) is 4. The lowest BCUT2D eigenvalue weighted by molar-refractivity contribution is 0.0176. The molecule has 2 heterocycles. The van der Waals surface area contributed by atoms with Crippen molar-refractivity contribution in [1.82, 2.24) is 19.7 Å². The van der Waals surface area contributed by atoms with E-state index in [1.807, 2.05) is 0 Å². The summed E-state index contributed by atoms with van der Waals surface area (Å²) in [5.41, 5.74) is -0.607. The van der Waals surface area contributed by atoms with E-state index in [1.165, 1.54) is 17.9 Å². The molecule has 0 aliphatic heterocycles. The molecular weight excluding hydrogens is 342 g/mol. The van der Waals surface area contributed by atoms with Gasteiger partial charge >= 0.3 is 0 Å². The Kier molecular flexibility index (Phi) is 4.08. The fourth-order valence-corrected chi connectivity index (χ4v) is 2.42. The molecule has 2 aromatic rings. The molecular formula is C14H17ClF2N6O. The lowest BCUT2D eigenvalue weighted by Crippen LogP contribution is -2.17. The van der Waals surface area contributed by atoms with Crippen LogP contribution in [-0.4, -0.2) is 37.5 Å². The minimum Gasteiger partial charge on any atom is -0.388 e. The van der Waals surface area contributed by atoms with Gasteiger partial charge < -0.3 is 15.7 Å². The molecule has 1 fully saturated rings. The first-order valence-electron chi connectivity index (χ1n) is 7.36. The van der Waals surface area contributed by atoms with E-state index in [4.69, 9.17) is 11.6 Å². The quantitative estimate of drug-likeness (QED) is 0.736. The molecule has 24 heavy (non-hydrogen) atoms. The number of aromatic nitrogens is 4. The summed E-state index contributed by atoms with van der Waals surface area (Å²) in [6, 6.07) is 0. The van der Waals surface area contributed by atoms with E-state index in [-0.39, 0.29) is 22.5 Å². The number of alkyl halides is 2. The van der Waals surface area contributed by atoms with Crippen LogP contribution in [0.1, 0.15) is 25.3 Å². The van der Waals surface area contributed by atoms with Gasteiger partial charge in [-0.3, -0.25) is 0 Å². The van der Waals surface area contributed by atoms with Crippen molar-refractivity contribution >= 4 is 29.1 Å². The maximum Gasteiger partial charge on any atom is 0.275 e. The van der Waals surface area contributed by atoms with Gasteiger partial charge in [0, 0.05) is 20.2 Å². The molecule has 3 rings (SSSR count). The molecule has 1 aliphatic rings. The van der Waals surface area contributed by atoms with Crippen LogP contribution in [0.4, 0.5) is 26.2 Å². The standard InChI is InChI=1S/C14H17ClF2N6O/c1-13(16,17)8-5-19-12(22-11(8)18-2)21-9-6-20-23(10(9)15)7-14(24)3-4-14/h5-6,24H,3-4,7H2,1-2H3,(H2,18,19,21,22). The zero-order valence-corrected chi connectivity index (χ0v) is 13.9. The van der Waals surface area contributed by atoms with Gasteiger partial charge in [0.15, 0.2) is 5.15 Å². The van der Waals surface area contributed by atoms with Crippen LogP contribution < -0.4 is 10.6 Å². The number of hydrogen-bond donors (Lipinski definition) is 3. The summed E-state index contributed by atoms with van der Waals surface area (Å²) in [7, 11) is 1.50. The molecule has 2 aromatic heterocycles. The van der Waals surface area contributed by atoms with E-state index < -0.39 is 11.5 Å². The lowest BCUT2D eigenvalue weighted by atomic mass is 10.2. The largest absolute Gasteiger partial charge is 0.388 e. The van der Waals surface area contributed by atoms with Gasteiger partial charge in [0.2, 0.25) is 5.95 Å². The second-order valence-corrected chi connectivity index (χ2v) is 6.31. The number of nitrogens with one attached hydrogen (secondary N) is 2. The Balaban J connectivity index is 1.81. The number of rotatable bonds is 6. The second kappa shape index (κ2) is 5.82. The van der Waals surface area contributed by atoms with Crippen LogP contribution in [0.3, 0.4) is 0 Å². The van der Waals surface area contributed by atoms with Crippen molar-refractivity contribution in [2.75, 3.05) is 17.7 Å². The predicted molar refractivity (Wildman–Crippen MR) is 85.9 cm³/mol. The van der Waals surface area contributed by atoms with Crippen molar-refractivity contribution in [3.05, 3.63) is 23.1 Å². The molecule has 10 heteroatoms. The highest BCUT2D eigenvalue weighted by atomic mass is 35.5. The van der Waals surface area contributed by atoms with Crippen molar-refractivity contribution in [2.24, 2.45) is 0 Å². The molecule has 1 aliphatic carbocycles. The summed E-state index contributed by atoms with van der Waals surface area (Å²) < 4.78 is 28.5. The summed E-state index contributed by atoms with van der Waals surface area (Å²) in [5, 5.41) is 19.8. The average Bonchev–Trinajstić information content (AvgIpc) is 3.16. The third-order valence-corrected chi connectivity index (χ3v) is 4.19. The molecule has 0 aromatic carbocycles. The first kappa shape index (κ1) is 16.8. The molecule has 0 bridgehead atoms. The van der Waals surface area contributed by atoms with Crippen molar-refractivity contribution in [3.63, 3.8) is 0 Å². The maximum atomic E-state index is 13.5. The maximum absolute atomic E-state index is 13.5. The first-order valence-corrected chi connectivity index (χ1v) is 7.73. The highest BCUT2D eigenvalue weighted by Crippen LogP contribution is 2.38. The summed E-state index contributed by atoms with van der Waals surface area (Å²) in [6.07, 6.45) is 3.96. The van der Waals surface area contributed by atoms with Gasteiger partial charge in [0.05, 0.1) is 29.6 Å². The van der Waals surface area contributed by atoms with Crippen LogP contribution in [0.5, 0.6) is 0 Å². The predicted octanol–water partition coefficient (Wildman–Crippen LogP) is 2.75. The molecule has 7 nitrogen and oxygen atoms in total. The van der Waals surface area contributed by atoms with E-state index in [2.05, 4.69) is 25.7 Å². The highest BCUT2D eigenvalue weighted by molar-refractivity contribution is 6.32. The molecule has 3 N–H and O–H groups in total. The molecule has 0 unspecified atom stereocenters. The van der Waals surface area contributed by atoms with E-state index in [0.29, 0.717) is 25.1 Å². The van der Waals surface area contributed by atoms with E-state index >= 15 is 0 Å². The number of aliphatic hydroxyl groups is 1. The summed E-state index contributed by atoms with van der Waals surface area (Å²) in [6.45, 7) is 1.08. The Morgan fingerprint density at radius 1 is 1.42 bits per heavy atom. The Bertz CT molecular complexity index is 756. The Morgan fingerprint density at radius 3 is 2.71 bits per heavy atom. The minimum absolute atomic E-state index is 0.0239. The average molecular weight is 359 g/mol. The smallest absolute Gasteiger partial charge is 0.275 e. The van der Waals surface area contributed by atoms with Gasteiger partial charge in [-0.1, -0.05) is 11.6 Å². The third kappa shape index (κ3) is 3.41. The number of anilines is 3. The van der Waals surface area contributed by atoms with Gasteiger partial charge in [-0.2, -0.15) is 10.1 Å². The van der Waals surface area contributed by atoms with Gasteiger partial charge in [-0.05, 0) is 12.8 Å². The third-order valence-electron chi connectivity index (χ3n) is 3.79. The SMILES string of the molecule is CNc1nc(Nc2cnn(CC3(O)CC3)c2Cl)ncc1C(C)(F)F. The Labute approximate surface area is 142 Å². The van der Waals surface area contributed by atoms with Gasteiger partial charge in [-0.25, -0.2) is 18.4 Å². The summed E-state index contributed by atoms with van der Waals surface area (Å²) in [5.74, 6) is -2.92. The highest BCUT2D eigenvalue weighted by Gasteiger charge is 2.41. The number of halogens is 3. The van der Waals surface area contributed by atoms with Crippen LogP contribution in [-0.2, 0) is 12.5 Å². The molecule has 0 radical (unpaired) electrons. The van der Waals surface area contributed by atoms with Crippen LogP contribution in [0.25, 0.3) is 0 Å². The minimum atomic E-state index is -3.06. The normalized spacial score (nSPS) is 16.1. The lowest BCUT2D eigenvalue weighted by Gasteiger charge is -2.15. The van der Waals surface area contributed by atoms with Crippen LogP contribution in [0, 0.1) is 0 Å². The second-order valence-electron chi connectivity index (χ2n) is 5.95. The molecule has 0 atom stereocenters. The van der Waals surface area contributed by atoms with E-state index in [1.54, 1.807) is 0 Å². The molecule has 0 saturated heterocycles. The molecule has 0 amide bonds. The monoisotopic (exact) mass is 358 g/mol. The first-order chi connectivity index (χ1) is 11.2. The zero-order valence-electron chi connectivity index (χ0n) is 13.1. The molecule has 0 spiro atoms. The van der Waals surface area contributed by atoms with Crippen molar-refractivity contribution in [1.29, 1.82) is 0 Å². The summed E-state index contributed by atoms with van der Waals surface area (Å²) in [4.78, 5) is 7.93. The molecule has 1 saturated carbocycles. The van der Waals surface area contributed by atoms with Gasteiger partial charge in [0.25, 0.3) is 5.92 Å². The van der Waals surface area contributed by atoms with Crippen LogP contribution >= 0.6 is 11.6 Å². The van der Waals surface area contributed by atoms with Crippen molar-refractivity contribution < 1.29 is 13.9 Å². The fraction of sp³-hybridized carbons (Fsp3) is 0.500. The Hall–Kier alpha value is -2.00. The molecule has 130 valence electrons. The van der Waals surface area contributed by atoms with Gasteiger partial charge in [0.1, 0.15) is 5.82 Å². The topological polar surface area (TPSA) is 87.9 Å². The summed E-state index contributed by atoms with van der Waals surface area (Å²) >= 11 is 6.22.